The summed E-state index contributed by atoms with van der Waals surface area (Å²) in [6.45, 7) is 8.79. The number of benzene rings is 1. The number of hydrogen-bond donors (Lipinski definition) is 2. The van der Waals surface area contributed by atoms with E-state index >= 15 is 0 Å². The number of para-hydroxylation sites is 2. The molecule has 0 bridgehead atoms. The summed E-state index contributed by atoms with van der Waals surface area (Å²) < 4.78 is 5.51. The van der Waals surface area contributed by atoms with E-state index in [-0.39, 0.29) is 24.0 Å². The van der Waals surface area contributed by atoms with Crippen molar-refractivity contribution in [3.63, 3.8) is 0 Å². The second-order valence-electron chi connectivity index (χ2n) is 7.03. The normalized spacial score (nSPS) is 16.4. The molecule has 2 aromatic rings. The SMILES string of the molecule is CCNC(=NCC1CCN(c2ccccc2OC)C1)NCCc1ncc(C)s1.I. The van der Waals surface area contributed by atoms with Crippen LogP contribution in [0.3, 0.4) is 0 Å². The van der Waals surface area contributed by atoms with Crippen LogP contribution in [0.4, 0.5) is 5.69 Å². The highest BCUT2D eigenvalue weighted by atomic mass is 127. The Hall–Kier alpha value is -1.55. The lowest BCUT2D eigenvalue weighted by molar-refractivity contribution is 0.414. The summed E-state index contributed by atoms with van der Waals surface area (Å²) in [5, 5.41) is 7.95. The standard InChI is InChI=1S/C21H31N5OS.HI/c1-4-22-21(23-11-9-20-24-13-16(2)28-20)25-14-17-10-12-26(15-17)18-7-5-6-8-19(18)27-3;/h5-8,13,17H,4,9-12,14-15H2,1-3H3,(H2,22,23,25);1H. The van der Waals surface area contributed by atoms with Gasteiger partial charge in [-0.2, -0.15) is 0 Å². The van der Waals surface area contributed by atoms with Gasteiger partial charge in [0.05, 0.1) is 17.8 Å². The Bertz CT molecular complexity index is 782. The fraction of sp³-hybridized carbons (Fsp3) is 0.524. The van der Waals surface area contributed by atoms with Gasteiger partial charge in [0.25, 0.3) is 0 Å². The minimum atomic E-state index is 0. The molecular formula is C21H32IN5OS. The smallest absolute Gasteiger partial charge is 0.191 e. The molecule has 1 saturated heterocycles. The van der Waals surface area contributed by atoms with Gasteiger partial charge in [0.15, 0.2) is 5.96 Å². The number of thiazole rings is 1. The van der Waals surface area contributed by atoms with Gasteiger partial charge < -0.3 is 20.3 Å². The molecule has 1 aliphatic rings. The summed E-state index contributed by atoms with van der Waals surface area (Å²) in [6, 6.07) is 8.25. The summed E-state index contributed by atoms with van der Waals surface area (Å²) in [5.41, 5.74) is 1.18. The second kappa shape index (κ2) is 12.2. The Labute approximate surface area is 195 Å². The van der Waals surface area contributed by atoms with Gasteiger partial charge in [-0.3, -0.25) is 4.99 Å². The lowest BCUT2D eigenvalue weighted by Crippen LogP contribution is -2.38. The molecule has 0 aliphatic carbocycles. The van der Waals surface area contributed by atoms with Crippen LogP contribution in [0.25, 0.3) is 0 Å². The molecule has 0 amide bonds. The summed E-state index contributed by atoms with van der Waals surface area (Å²) in [6.07, 6.45) is 4.01. The molecule has 29 heavy (non-hydrogen) atoms. The molecule has 1 aromatic carbocycles. The number of aryl methyl sites for hydroxylation is 1. The first kappa shape index (κ1) is 23.7. The molecule has 1 fully saturated rings. The maximum absolute atomic E-state index is 5.51. The van der Waals surface area contributed by atoms with Gasteiger partial charge in [-0.05, 0) is 38.3 Å². The van der Waals surface area contributed by atoms with Crippen LogP contribution in [0.1, 0.15) is 23.2 Å². The average molecular weight is 529 g/mol. The maximum Gasteiger partial charge on any atom is 0.191 e. The van der Waals surface area contributed by atoms with Gasteiger partial charge in [-0.15, -0.1) is 35.3 Å². The molecule has 1 unspecified atom stereocenters. The lowest BCUT2D eigenvalue weighted by Gasteiger charge is -2.21. The van der Waals surface area contributed by atoms with Crippen molar-refractivity contribution >= 4 is 47.0 Å². The highest BCUT2D eigenvalue weighted by molar-refractivity contribution is 14.0. The number of rotatable bonds is 8. The van der Waals surface area contributed by atoms with E-state index in [0.717, 1.165) is 57.3 Å². The number of aliphatic imine (C=N–C) groups is 1. The molecule has 1 aliphatic heterocycles. The average Bonchev–Trinajstić information content (AvgIpc) is 3.35. The van der Waals surface area contributed by atoms with Crippen LogP contribution < -0.4 is 20.3 Å². The van der Waals surface area contributed by atoms with E-state index in [9.17, 15) is 0 Å². The Morgan fingerprint density at radius 2 is 2.17 bits per heavy atom. The van der Waals surface area contributed by atoms with Crippen LogP contribution in [0.2, 0.25) is 0 Å². The van der Waals surface area contributed by atoms with Gasteiger partial charge in [0.1, 0.15) is 5.75 Å². The molecule has 1 atom stereocenters. The van der Waals surface area contributed by atoms with Crippen molar-refractivity contribution in [2.45, 2.75) is 26.7 Å². The molecule has 0 spiro atoms. The summed E-state index contributed by atoms with van der Waals surface area (Å²) >= 11 is 1.76. The Morgan fingerprint density at radius 1 is 1.34 bits per heavy atom. The predicted octanol–water partition coefficient (Wildman–Crippen LogP) is 3.70. The van der Waals surface area contributed by atoms with Crippen LogP contribution in [0, 0.1) is 12.8 Å². The highest BCUT2D eigenvalue weighted by Crippen LogP contribution is 2.31. The van der Waals surface area contributed by atoms with Crippen LogP contribution in [0.5, 0.6) is 5.75 Å². The van der Waals surface area contributed by atoms with Crippen molar-refractivity contribution in [3.05, 3.63) is 40.3 Å². The van der Waals surface area contributed by atoms with Crippen LogP contribution >= 0.6 is 35.3 Å². The molecule has 1 aromatic heterocycles. The molecule has 0 saturated carbocycles. The fourth-order valence-electron chi connectivity index (χ4n) is 3.46. The van der Waals surface area contributed by atoms with Crippen molar-refractivity contribution < 1.29 is 4.74 Å². The zero-order valence-corrected chi connectivity index (χ0v) is 20.6. The van der Waals surface area contributed by atoms with Gasteiger partial charge in [0, 0.05) is 50.2 Å². The fourth-order valence-corrected chi connectivity index (χ4v) is 4.25. The first-order valence-corrected chi connectivity index (χ1v) is 10.8. The van der Waals surface area contributed by atoms with E-state index in [2.05, 4.69) is 46.5 Å². The minimum absolute atomic E-state index is 0. The summed E-state index contributed by atoms with van der Waals surface area (Å²) in [5.74, 6) is 2.40. The van der Waals surface area contributed by atoms with Crippen LogP contribution in [-0.2, 0) is 6.42 Å². The molecule has 8 heteroatoms. The van der Waals surface area contributed by atoms with Crippen molar-refractivity contribution in [1.29, 1.82) is 0 Å². The van der Waals surface area contributed by atoms with E-state index in [1.807, 2.05) is 18.3 Å². The number of ether oxygens (including phenoxy) is 1. The van der Waals surface area contributed by atoms with Crippen molar-refractivity contribution in [1.82, 2.24) is 15.6 Å². The zero-order chi connectivity index (χ0) is 19.8. The van der Waals surface area contributed by atoms with Crippen LogP contribution in [-0.4, -0.2) is 50.8 Å². The van der Waals surface area contributed by atoms with E-state index in [0.29, 0.717) is 5.92 Å². The first-order valence-electron chi connectivity index (χ1n) is 10.0. The molecule has 3 rings (SSSR count). The Kier molecular flexibility index (Phi) is 9.99. The van der Waals surface area contributed by atoms with Crippen molar-refractivity contribution in [2.24, 2.45) is 10.9 Å². The van der Waals surface area contributed by atoms with Gasteiger partial charge in [-0.1, -0.05) is 12.1 Å². The first-order chi connectivity index (χ1) is 13.7. The Morgan fingerprint density at radius 3 is 2.90 bits per heavy atom. The summed E-state index contributed by atoms with van der Waals surface area (Å²) in [4.78, 5) is 12.9. The molecule has 0 radical (unpaired) electrons. The molecule has 2 heterocycles. The number of halogens is 1. The molecule has 160 valence electrons. The quantitative estimate of drug-likeness (QED) is 0.310. The topological polar surface area (TPSA) is 61.8 Å². The molecular weight excluding hydrogens is 497 g/mol. The lowest BCUT2D eigenvalue weighted by atomic mass is 10.1. The maximum atomic E-state index is 5.51. The van der Waals surface area contributed by atoms with Crippen molar-refractivity contribution in [3.8, 4) is 5.75 Å². The van der Waals surface area contributed by atoms with Gasteiger partial charge in [0.2, 0.25) is 0 Å². The van der Waals surface area contributed by atoms with E-state index in [1.54, 1.807) is 18.4 Å². The van der Waals surface area contributed by atoms with E-state index < -0.39 is 0 Å². The minimum Gasteiger partial charge on any atom is -0.495 e. The monoisotopic (exact) mass is 529 g/mol. The third kappa shape index (κ3) is 7.02. The highest BCUT2D eigenvalue weighted by Gasteiger charge is 2.24. The molecule has 2 N–H and O–H groups in total. The van der Waals surface area contributed by atoms with Gasteiger partial charge in [-0.25, -0.2) is 4.98 Å². The second-order valence-corrected chi connectivity index (χ2v) is 8.35. The van der Waals surface area contributed by atoms with Gasteiger partial charge >= 0.3 is 0 Å². The molecule has 6 nitrogen and oxygen atoms in total. The van der Waals surface area contributed by atoms with Crippen molar-refractivity contribution in [2.75, 3.05) is 44.7 Å². The number of anilines is 1. The third-order valence-electron chi connectivity index (χ3n) is 4.86. The van der Waals surface area contributed by atoms with E-state index in [1.165, 1.54) is 15.6 Å². The number of nitrogens with one attached hydrogen (secondary N) is 2. The largest absolute Gasteiger partial charge is 0.495 e. The third-order valence-corrected chi connectivity index (χ3v) is 5.84. The van der Waals surface area contributed by atoms with E-state index in [4.69, 9.17) is 9.73 Å². The zero-order valence-electron chi connectivity index (χ0n) is 17.5. The van der Waals surface area contributed by atoms with Crippen LogP contribution in [0.15, 0.2) is 35.5 Å². The summed E-state index contributed by atoms with van der Waals surface area (Å²) in [7, 11) is 1.73. The predicted molar refractivity (Wildman–Crippen MR) is 133 cm³/mol. The number of nitrogens with zero attached hydrogens (tertiary/aromatic N) is 3. The number of aromatic nitrogens is 1. The number of hydrogen-bond acceptors (Lipinski definition) is 5. The number of guanidine groups is 1. The number of methoxy groups -OCH3 is 1. The Balaban J connectivity index is 0.00000300.